The number of rotatable bonds is 6. The van der Waals surface area contributed by atoms with Crippen LogP contribution < -0.4 is 0 Å². The topological polar surface area (TPSA) is 91.5 Å². The predicted octanol–water partition coefficient (Wildman–Crippen LogP) is 3.57. The first-order valence-corrected chi connectivity index (χ1v) is 11.1. The van der Waals surface area contributed by atoms with Crippen LogP contribution in [0.5, 0.6) is 0 Å². The average Bonchev–Trinajstić information content (AvgIpc) is 3.35. The fourth-order valence-corrected chi connectivity index (χ4v) is 4.69. The van der Waals surface area contributed by atoms with E-state index in [1.807, 2.05) is 22.2 Å². The number of likely N-dealkylation sites (tertiary alicyclic amines) is 1. The molecule has 0 radical (unpaired) electrons. The van der Waals surface area contributed by atoms with E-state index >= 15 is 0 Å². The summed E-state index contributed by atoms with van der Waals surface area (Å²) in [6.07, 6.45) is -0.104. The van der Waals surface area contributed by atoms with E-state index in [0.717, 1.165) is 31.9 Å². The molecule has 1 fully saturated rings. The quantitative estimate of drug-likeness (QED) is 0.572. The van der Waals surface area contributed by atoms with Gasteiger partial charge in [-0.1, -0.05) is 23.4 Å². The lowest BCUT2D eigenvalue weighted by Crippen LogP contribution is -2.34. The van der Waals surface area contributed by atoms with E-state index in [1.54, 1.807) is 0 Å². The van der Waals surface area contributed by atoms with Gasteiger partial charge in [-0.3, -0.25) is 9.58 Å². The minimum Gasteiger partial charge on any atom is -0.475 e. The Morgan fingerprint density at radius 3 is 2.53 bits per heavy atom. The van der Waals surface area contributed by atoms with Crippen LogP contribution in [0.25, 0.3) is 10.1 Å². The van der Waals surface area contributed by atoms with E-state index in [0.29, 0.717) is 12.3 Å². The zero-order chi connectivity index (χ0) is 23.1. The summed E-state index contributed by atoms with van der Waals surface area (Å²) in [4.78, 5) is 12.9. The number of fused-ring (bicyclic) bond motifs is 1. The number of hydrogen-bond donors (Lipinski definition) is 2. The van der Waals surface area contributed by atoms with Crippen molar-refractivity contribution in [1.29, 1.82) is 0 Å². The van der Waals surface area contributed by atoms with Crippen LogP contribution in [0.2, 0.25) is 0 Å². The number of carboxylic acid groups (broad SMARTS) is 1. The first-order chi connectivity index (χ1) is 15.2. The molecule has 2 N–H and O–H groups in total. The molecule has 7 nitrogen and oxygen atoms in total. The van der Waals surface area contributed by atoms with Crippen LogP contribution in [0.3, 0.4) is 0 Å². The van der Waals surface area contributed by atoms with Crippen molar-refractivity contribution in [3.63, 3.8) is 0 Å². The molecule has 11 heteroatoms. The number of benzene rings is 1. The van der Waals surface area contributed by atoms with E-state index in [9.17, 15) is 13.2 Å². The van der Waals surface area contributed by atoms with Crippen molar-refractivity contribution in [1.82, 2.24) is 19.9 Å². The van der Waals surface area contributed by atoms with Crippen molar-refractivity contribution >= 4 is 27.4 Å². The Kier molecular flexibility index (Phi) is 8.21. The highest BCUT2D eigenvalue weighted by Gasteiger charge is 2.38. The van der Waals surface area contributed by atoms with Gasteiger partial charge in [0.2, 0.25) is 0 Å². The molecule has 0 amide bonds. The molecule has 0 bridgehead atoms. The highest BCUT2D eigenvalue weighted by Crippen LogP contribution is 2.28. The summed E-state index contributed by atoms with van der Waals surface area (Å²) in [5.74, 6) is -2.09. The molecule has 32 heavy (non-hydrogen) atoms. The molecule has 1 saturated heterocycles. The summed E-state index contributed by atoms with van der Waals surface area (Å²) < 4.78 is 35.1. The fourth-order valence-electron chi connectivity index (χ4n) is 3.58. The molecule has 2 aromatic heterocycles. The Bertz CT molecular complexity index is 980. The minimum atomic E-state index is -5.08. The summed E-state index contributed by atoms with van der Waals surface area (Å²) in [6.45, 7) is 4.44. The van der Waals surface area contributed by atoms with Gasteiger partial charge >= 0.3 is 12.1 Å². The zero-order valence-electron chi connectivity index (χ0n) is 17.3. The molecule has 1 aliphatic rings. The van der Waals surface area contributed by atoms with Crippen LogP contribution >= 0.6 is 11.3 Å². The number of alkyl halides is 3. The first kappa shape index (κ1) is 24.1. The van der Waals surface area contributed by atoms with Crippen LogP contribution in [0.4, 0.5) is 13.2 Å². The number of aliphatic hydroxyl groups is 1. The van der Waals surface area contributed by atoms with Crippen LogP contribution in [0.1, 0.15) is 23.4 Å². The number of aromatic nitrogens is 3. The van der Waals surface area contributed by atoms with Crippen molar-refractivity contribution in [2.75, 3.05) is 19.7 Å². The lowest BCUT2D eigenvalue weighted by atomic mass is 9.97. The van der Waals surface area contributed by atoms with Crippen molar-refractivity contribution in [3.8, 4) is 0 Å². The van der Waals surface area contributed by atoms with E-state index in [4.69, 9.17) is 15.0 Å². The van der Waals surface area contributed by atoms with Gasteiger partial charge in [0.25, 0.3) is 0 Å². The second kappa shape index (κ2) is 10.9. The van der Waals surface area contributed by atoms with Crippen molar-refractivity contribution in [2.45, 2.75) is 38.5 Å². The number of thiophene rings is 1. The van der Waals surface area contributed by atoms with Crippen molar-refractivity contribution in [2.24, 2.45) is 5.92 Å². The SMILES string of the molecule is O=C(O)C(F)(F)F.OCCc1cn(CC2CCN(Cc3cc4ccccc4s3)CC2)nn1. The summed E-state index contributed by atoms with van der Waals surface area (Å²) >= 11 is 1.92. The number of carboxylic acids is 1. The highest BCUT2D eigenvalue weighted by atomic mass is 32.1. The van der Waals surface area contributed by atoms with Gasteiger partial charge in [-0.15, -0.1) is 16.4 Å². The molecule has 1 aromatic carbocycles. The Hall–Kier alpha value is -2.50. The number of hydrogen-bond acceptors (Lipinski definition) is 6. The number of aliphatic hydroxyl groups excluding tert-OH is 1. The van der Waals surface area contributed by atoms with Crippen LogP contribution in [-0.4, -0.2) is 61.9 Å². The zero-order valence-corrected chi connectivity index (χ0v) is 18.1. The summed E-state index contributed by atoms with van der Waals surface area (Å²) in [5, 5.41) is 25.7. The maximum atomic E-state index is 10.6. The molecule has 0 unspecified atom stereocenters. The number of aliphatic carboxylic acids is 1. The Balaban J connectivity index is 0.000000360. The third kappa shape index (κ3) is 7.01. The van der Waals surface area contributed by atoms with E-state index < -0.39 is 12.1 Å². The van der Waals surface area contributed by atoms with Crippen LogP contribution in [0, 0.1) is 5.92 Å². The predicted molar refractivity (Wildman–Crippen MR) is 114 cm³/mol. The molecule has 174 valence electrons. The van der Waals surface area contributed by atoms with E-state index in [2.05, 4.69) is 45.5 Å². The Morgan fingerprint density at radius 1 is 1.22 bits per heavy atom. The fraction of sp³-hybridized carbons (Fsp3) is 0.476. The monoisotopic (exact) mass is 470 g/mol. The van der Waals surface area contributed by atoms with Crippen LogP contribution in [-0.2, 0) is 24.3 Å². The summed E-state index contributed by atoms with van der Waals surface area (Å²) in [7, 11) is 0. The highest BCUT2D eigenvalue weighted by molar-refractivity contribution is 7.19. The second-order valence-electron chi connectivity index (χ2n) is 7.68. The van der Waals surface area contributed by atoms with Gasteiger partial charge < -0.3 is 10.2 Å². The van der Waals surface area contributed by atoms with E-state index in [-0.39, 0.29) is 6.61 Å². The maximum absolute atomic E-state index is 10.6. The smallest absolute Gasteiger partial charge is 0.475 e. The minimum absolute atomic E-state index is 0.134. The summed E-state index contributed by atoms with van der Waals surface area (Å²) in [5.41, 5.74) is 0.879. The molecule has 3 heterocycles. The molecule has 0 atom stereocenters. The number of carbonyl (C=O) groups is 1. The molecule has 1 aliphatic heterocycles. The molecule has 0 spiro atoms. The van der Waals surface area contributed by atoms with Gasteiger partial charge in [0, 0.05) is 41.9 Å². The van der Waals surface area contributed by atoms with Gasteiger partial charge in [0.1, 0.15) is 0 Å². The lowest BCUT2D eigenvalue weighted by molar-refractivity contribution is -0.192. The Morgan fingerprint density at radius 2 is 1.91 bits per heavy atom. The van der Waals surface area contributed by atoms with Gasteiger partial charge in [0.05, 0.1) is 5.69 Å². The summed E-state index contributed by atoms with van der Waals surface area (Å²) in [6, 6.07) is 11.0. The number of nitrogens with zero attached hydrogens (tertiary/aromatic N) is 4. The van der Waals surface area contributed by atoms with E-state index in [1.165, 1.54) is 27.8 Å². The van der Waals surface area contributed by atoms with Crippen molar-refractivity contribution < 1.29 is 28.2 Å². The largest absolute Gasteiger partial charge is 0.490 e. The maximum Gasteiger partial charge on any atom is 0.490 e. The van der Waals surface area contributed by atoms with Crippen LogP contribution in [0.15, 0.2) is 36.5 Å². The third-order valence-electron chi connectivity index (χ3n) is 5.20. The van der Waals surface area contributed by atoms with Gasteiger partial charge in [-0.25, -0.2) is 4.79 Å². The molecular formula is C21H25F3N4O3S. The second-order valence-corrected chi connectivity index (χ2v) is 8.85. The normalized spacial score (nSPS) is 15.5. The third-order valence-corrected chi connectivity index (χ3v) is 6.31. The Labute approximate surface area is 187 Å². The first-order valence-electron chi connectivity index (χ1n) is 10.2. The lowest BCUT2D eigenvalue weighted by Gasteiger charge is -2.31. The molecular weight excluding hydrogens is 445 g/mol. The van der Waals surface area contributed by atoms with Crippen molar-refractivity contribution in [3.05, 3.63) is 47.1 Å². The number of halogens is 3. The van der Waals surface area contributed by atoms with Gasteiger partial charge in [-0.2, -0.15) is 13.2 Å². The standard InChI is InChI=1S/C19H24N4OS.C2HF3O2/c24-10-7-17-13-23(21-20-17)12-15-5-8-22(9-6-15)14-18-11-16-3-1-2-4-19(16)25-18;3-2(4,5)1(6)7/h1-4,11,13,15,24H,5-10,12,14H2;(H,6,7). The molecule has 4 rings (SSSR count). The molecule has 0 saturated carbocycles. The number of piperidine rings is 1. The van der Waals surface area contributed by atoms with Gasteiger partial charge in [0.15, 0.2) is 0 Å². The average molecular weight is 471 g/mol. The molecule has 0 aliphatic carbocycles. The van der Waals surface area contributed by atoms with Gasteiger partial charge in [-0.05, 0) is 49.4 Å². The molecule has 3 aromatic rings.